The van der Waals surface area contributed by atoms with E-state index in [0.29, 0.717) is 0 Å². The number of halogens is 1. The highest BCUT2D eigenvalue weighted by Crippen LogP contribution is 2.05. The van der Waals surface area contributed by atoms with Gasteiger partial charge in [0.15, 0.2) is 0 Å². The van der Waals surface area contributed by atoms with Gasteiger partial charge in [-0.3, -0.25) is 5.41 Å². The van der Waals surface area contributed by atoms with Gasteiger partial charge >= 0.3 is 0 Å². The number of amidine groups is 1. The molecular formula is C7H7IN2. The predicted molar refractivity (Wildman–Crippen MR) is 50.2 cm³/mol. The molecule has 0 unspecified atom stereocenters. The van der Waals surface area contributed by atoms with Gasteiger partial charge < -0.3 is 5.73 Å². The lowest BCUT2D eigenvalue weighted by Gasteiger charge is -1.95. The summed E-state index contributed by atoms with van der Waals surface area (Å²) in [5, 5.41) is 7.08. The highest BCUT2D eigenvalue weighted by atomic mass is 127. The Kier molecular flexibility index (Phi) is 2.26. The number of nitrogens with two attached hydrogens (primary N) is 1. The smallest absolute Gasteiger partial charge is 0.122 e. The Morgan fingerprint density at radius 1 is 1.30 bits per heavy atom. The molecule has 3 N–H and O–H groups in total. The molecule has 0 radical (unpaired) electrons. The van der Waals surface area contributed by atoms with Crippen LogP contribution in [0.5, 0.6) is 0 Å². The van der Waals surface area contributed by atoms with Gasteiger partial charge in [-0.2, -0.15) is 0 Å². The summed E-state index contributed by atoms with van der Waals surface area (Å²) in [7, 11) is 0. The molecule has 0 spiro atoms. The maximum absolute atomic E-state index is 7.08. The number of benzene rings is 1. The molecule has 1 aromatic carbocycles. The van der Waals surface area contributed by atoms with Crippen LogP contribution in [0.3, 0.4) is 0 Å². The molecule has 0 saturated carbocycles. The third-order valence-corrected chi connectivity index (χ3v) is 1.87. The first-order valence-corrected chi connectivity index (χ1v) is 3.88. The van der Waals surface area contributed by atoms with Gasteiger partial charge in [0.25, 0.3) is 0 Å². The summed E-state index contributed by atoms with van der Waals surface area (Å²) in [6.45, 7) is 0. The lowest BCUT2D eigenvalue weighted by Crippen LogP contribution is -2.10. The van der Waals surface area contributed by atoms with Gasteiger partial charge in [0, 0.05) is 9.13 Å². The lowest BCUT2D eigenvalue weighted by atomic mass is 10.2. The van der Waals surface area contributed by atoms with E-state index in [2.05, 4.69) is 22.6 Å². The minimum Gasteiger partial charge on any atom is -0.384 e. The summed E-state index contributed by atoms with van der Waals surface area (Å²) in [6.07, 6.45) is 0. The average Bonchev–Trinajstić information content (AvgIpc) is 1.88. The second kappa shape index (κ2) is 3.01. The molecule has 0 aromatic heterocycles. The van der Waals surface area contributed by atoms with Crippen LogP contribution in [0.2, 0.25) is 0 Å². The Balaban J connectivity index is 3.00. The van der Waals surface area contributed by atoms with Crippen molar-refractivity contribution in [1.82, 2.24) is 0 Å². The molecule has 0 amide bonds. The van der Waals surface area contributed by atoms with Crippen LogP contribution in [0.15, 0.2) is 24.3 Å². The van der Waals surface area contributed by atoms with E-state index in [1.54, 1.807) is 0 Å². The maximum Gasteiger partial charge on any atom is 0.122 e. The Morgan fingerprint density at radius 3 is 2.20 bits per heavy atom. The van der Waals surface area contributed by atoms with Gasteiger partial charge in [-0.25, -0.2) is 0 Å². The van der Waals surface area contributed by atoms with Crippen LogP contribution in [0, 0.1) is 8.98 Å². The number of hydrogen-bond donors (Lipinski definition) is 2. The van der Waals surface area contributed by atoms with Crippen molar-refractivity contribution >= 4 is 28.4 Å². The Hall–Kier alpha value is -0.580. The van der Waals surface area contributed by atoms with Crippen LogP contribution >= 0.6 is 22.6 Å². The zero-order valence-corrected chi connectivity index (χ0v) is 7.42. The van der Waals surface area contributed by atoms with Crippen LogP contribution in [-0.4, -0.2) is 5.84 Å². The summed E-state index contributed by atoms with van der Waals surface area (Å²) in [5.41, 5.74) is 6.02. The van der Waals surface area contributed by atoms with Crippen LogP contribution in [0.1, 0.15) is 5.56 Å². The zero-order valence-electron chi connectivity index (χ0n) is 5.26. The summed E-state index contributed by atoms with van der Waals surface area (Å²) in [5.74, 6) is 0.122. The van der Waals surface area contributed by atoms with E-state index < -0.39 is 0 Å². The molecule has 2 nitrogen and oxygen atoms in total. The summed E-state index contributed by atoms with van der Waals surface area (Å²) < 4.78 is 1.16. The molecule has 0 atom stereocenters. The van der Waals surface area contributed by atoms with Crippen molar-refractivity contribution in [1.29, 1.82) is 5.41 Å². The Morgan fingerprint density at radius 2 is 1.80 bits per heavy atom. The summed E-state index contributed by atoms with van der Waals surface area (Å²) in [4.78, 5) is 0. The predicted octanol–water partition coefficient (Wildman–Crippen LogP) is 1.58. The van der Waals surface area contributed by atoms with Crippen LogP contribution in [-0.2, 0) is 0 Å². The van der Waals surface area contributed by atoms with Crippen LogP contribution < -0.4 is 5.73 Å². The van der Waals surface area contributed by atoms with E-state index in [9.17, 15) is 0 Å². The molecule has 1 aromatic rings. The molecule has 0 fully saturated rings. The second-order valence-corrected chi connectivity index (χ2v) is 3.17. The largest absolute Gasteiger partial charge is 0.384 e. The molecular weight excluding hydrogens is 239 g/mol. The van der Waals surface area contributed by atoms with Gasteiger partial charge in [0.1, 0.15) is 5.84 Å². The van der Waals surface area contributed by atoms with E-state index in [1.165, 1.54) is 0 Å². The molecule has 0 heterocycles. The number of rotatable bonds is 1. The maximum atomic E-state index is 7.08. The fourth-order valence-electron chi connectivity index (χ4n) is 0.629. The van der Waals surface area contributed by atoms with Crippen molar-refractivity contribution in [3.63, 3.8) is 0 Å². The van der Waals surface area contributed by atoms with Crippen molar-refractivity contribution in [2.75, 3.05) is 0 Å². The normalized spacial score (nSPS) is 9.30. The quantitative estimate of drug-likeness (QED) is 0.441. The van der Waals surface area contributed by atoms with Crippen molar-refractivity contribution in [3.8, 4) is 0 Å². The SMILES string of the molecule is N=C(N)c1ccc(I)cc1. The molecule has 0 saturated heterocycles. The van der Waals surface area contributed by atoms with Gasteiger partial charge in [0.05, 0.1) is 0 Å². The minimum atomic E-state index is 0.122. The number of hydrogen-bond acceptors (Lipinski definition) is 1. The molecule has 10 heavy (non-hydrogen) atoms. The molecule has 1 rings (SSSR count). The van der Waals surface area contributed by atoms with Gasteiger partial charge in [-0.15, -0.1) is 0 Å². The highest BCUT2D eigenvalue weighted by molar-refractivity contribution is 14.1. The first-order valence-electron chi connectivity index (χ1n) is 2.80. The number of nitrogens with one attached hydrogen (secondary N) is 1. The molecule has 0 aliphatic carbocycles. The third kappa shape index (κ3) is 1.70. The average molecular weight is 246 g/mol. The van der Waals surface area contributed by atoms with E-state index in [1.807, 2.05) is 24.3 Å². The van der Waals surface area contributed by atoms with Gasteiger partial charge in [-0.1, -0.05) is 12.1 Å². The van der Waals surface area contributed by atoms with Crippen molar-refractivity contribution < 1.29 is 0 Å². The molecule has 3 heteroatoms. The van der Waals surface area contributed by atoms with Gasteiger partial charge in [0.2, 0.25) is 0 Å². The summed E-state index contributed by atoms with van der Waals surface area (Å²) >= 11 is 2.21. The van der Waals surface area contributed by atoms with Crippen LogP contribution in [0.4, 0.5) is 0 Å². The van der Waals surface area contributed by atoms with E-state index in [4.69, 9.17) is 11.1 Å². The number of nitrogen functional groups attached to an aromatic ring is 1. The summed E-state index contributed by atoms with van der Waals surface area (Å²) in [6, 6.07) is 7.53. The standard InChI is InChI=1S/C7H7IN2/c8-6-3-1-5(2-4-6)7(9)10/h1-4H,(H3,9,10). The van der Waals surface area contributed by atoms with Gasteiger partial charge in [-0.05, 0) is 34.7 Å². The molecule has 0 bridgehead atoms. The van der Waals surface area contributed by atoms with Crippen molar-refractivity contribution in [2.24, 2.45) is 5.73 Å². The molecule has 52 valence electrons. The first kappa shape index (κ1) is 7.53. The van der Waals surface area contributed by atoms with Crippen molar-refractivity contribution in [2.45, 2.75) is 0 Å². The Labute approximate surface area is 73.1 Å². The third-order valence-electron chi connectivity index (χ3n) is 1.16. The minimum absolute atomic E-state index is 0.122. The van der Waals surface area contributed by atoms with E-state index in [-0.39, 0.29) is 5.84 Å². The monoisotopic (exact) mass is 246 g/mol. The topological polar surface area (TPSA) is 49.9 Å². The molecule has 0 aliphatic rings. The second-order valence-electron chi connectivity index (χ2n) is 1.92. The van der Waals surface area contributed by atoms with E-state index in [0.717, 1.165) is 9.13 Å². The lowest BCUT2D eigenvalue weighted by molar-refractivity contribution is 1.42. The van der Waals surface area contributed by atoms with E-state index >= 15 is 0 Å². The highest BCUT2D eigenvalue weighted by Gasteiger charge is 1.92. The van der Waals surface area contributed by atoms with Crippen molar-refractivity contribution in [3.05, 3.63) is 33.4 Å². The zero-order chi connectivity index (χ0) is 7.56. The fourth-order valence-corrected chi connectivity index (χ4v) is 0.989. The first-order chi connectivity index (χ1) is 4.70. The molecule has 0 aliphatic heterocycles. The Bertz CT molecular complexity index is 240. The fraction of sp³-hybridized carbons (Fsp3) is 0. The van der Waals surface area contributed by atoms with Crippen LogP contribution in [0.25, 0.3) is 0 Å².